The van der Waals surface area contributed by atoms with Crippen molar-refractivity contribution in [3.05, 3.63) is 23.3 Å². The van der Waals surface area contributed by atoms with Crippen LogP contribution in [0.3, 0.4) is 0 Å². The lowest BCUT2D eigenvalue weighted by Crippen LogP contribution is -2.65. The Bertz CT molecular complexity index is 933. The largest absolute Gasteiger partial charge is 0.481 e. The molecule has 0 saturated heterocycles. The van der Waals surface area contributed by atoms with Crippen molar-refractivity contribution in [3.8, 4) is 0 Å². The number of cyclic esters (lactones) is 1. The molecule has 0 radical (unpaired) electrons. The van der Waals surface area contributed by atoms with Crippen LogP contribution in [-0.2, 0) is 33.4 Å². The molecule has 1 heterocycles. The molecular formula is C27H38O8. The summed E-state index contributed by atoms with van der Waals surface area (Å²) in [6.07, 6.45) is 6.28. The summed E-state index contributed by atoms with van der Waals surface area (Å²) in [5.74, 6) is -3.11. The molecule has 8 heteroatoms. The zero-order chi connectivity index (χ0) is 26.0. The molecule has 3 aliphatic rings. The Morgan fingerprint density at radius 1 is 1.26 bits per heavy atom. The Morgan fingerprint density at radius 2 is 1.97 bits per heavy atom. The number of carbonyl (C=O) groups excluding carboxylic acids is 3. The average Bonchev–Trinajstić information content (AvgIpc) is 3.23. The van der Waals surface area contributed by atoms with E-state index in [9.17, 15) is 24.3 Å². The maximum atomic E-state index is 12.7. The van der Waals surface area contributed by atoms with E-state index in [4.69, 9.17) is 14.2 Å². The number of aliphatic carboxylic acids is 1. The van der Waals surface area contributed by atoms with Gasteiger partial charge in [0.05, 0.1) is 11.3 Å². The molecule has 0 aromatic heterocycles. The second-order valence-corrected chi connectivity index (χ2v) is 10.7. The molecule has 0 bridgehead atoms. The minimum absolute atomic E-state index is 0.115. The average molecular weight is 491 g/mol. The van der Waals surface area contributed by atoms with Gasteiger partial charge in [0.2, 0.25) is 0 Å². The predicted molar refractivity (Wildman–Crippen MR) is 127 cm³/mol. The Morgan fingerprint density at radius 3 is 2.54 bits per heavy atom. The Labute approximate surface area is 207 Å². The Hall–Kier alpha value is -2.64. The highest BCUT2D eigenvalue weighted by Gasteiger charge is 2.66. The van der Waals surface area contributed by atoms with Crippen LogP contribution in [0.2, 0.25) is 0 Å². The van der Waals surface area contributed by atoms with E-state index in [-0.39, 0.29) is 36.4 Å². The number of rotatable bonds is 8. The van der Waals surface area contributed by atoms with Gasteiger partial charge in [0, 0.05) is 18.6 Å². The molecule has 0 amide bonds. The summed E-state index contributed by atoms with van der Waals surface area (Å²) in [5, 5.41) is 10.3. The highest BCUT2D eigenvalue weighted by Crippen LogP contribution is 2.64. The molecule has 0 aromatic carbocycles. The molecule has 0 spiro atoms. The van der Waals surface area contributed by atoms with Gasteiger partial charge in [0.15, 0.2) is 0 Å². The van der Waals surface area contributed by atoms with Crippen molar-refractivity contribution in [1.29, 1.82) is 0 Å². The summed E-state index contributed by atoms with van der Waals surface area (Å²) in [6.45, 7) is 9.18. The Balaban J connectivity index is 2.06. The normalized spacial score (nSPS) is 34.9. The molecule has 1 aliphatic heterocycles. The summed E-state index contributed by atoms with van der Waals surface area (Å²) in [7, 11) is 0. The third-order valence-electron chi connectivity index (χ3n) is 8.89. The van der Waals surface area contributed by atoms with Crippen molar-refractivity contribution in [3.63, 3.8) is 0 Å². The van der Waals surface area contributed by atoms with Crippen molar-refractivity contribution < 1.29 is 38.5 Å². The molecule has 8 nitrogen and oxygen atoms in total. The number of hydrogen-bond acceptors (Lipinski definition) is 7. The topological polar surface area (TPSA) is 116 Å². The van der Waals surface area contributed by atoms with E-state index >= 15 is 0 Å². The van der Waals surface area contributed by atoms with Crippen molar-refractivity contribution in [2.24, 2.45) is 28.6 Å². The summed E-state index contributed by atoms with van der Waals surface area (Å²) in [4.78, 5) is 49.0. The van der Waals surface area contributed by atoms with E-state index in [2.05, 4.69) is 13.8 Å². The van der Waals surface area contributed by atoms with Crippen LogP contribution in [0.1, 0.15) is 73.1 Å². The smallest absolute Gasteiger partial charge is 0.333 e. The number of allylic oxidation sites excluding steroid dienone is 1. The first-order valence-corrected chi connectivity index (χ1v) is 12.5. The van der Waals surface area contributed by atoms with Crippen LogP contribution in [-0.4, -0.2) is 48.3 Å². The van der Waals surface area contributed by atoms with Gasteiger partial charge in [-0.1, -0.05) is 26.3 Å². The van der Waals surface area contributed by atoms with E-state index in [1.54, 1.807) is 19.9 Å². The van der Waals surface area contributed by atoms with E-state index in [0.717, 1.165) is 24.8 Å². The number of carbonyl (C=O) groups is 4. The van der Waals surface area contributed by atoms with Crippen LogP contribution in [0.5, 0.6) is 0 Å². The molecule has 2 saturated carbocycles. The van der Waals surface area contributed by atoms with Crippen LogP contribution in [0, 0.1) is 28.6 Å². The number of ether oxygens (including phenoxy) is 3. The fourth-order valence-corrected chi connectivity index (χ4v) is 6.69. The van der Waals surface area contributed by atoms with Gasteiger partial charge >= 0.3 is 23.9 Å². The van der Waals surface area contributed by atoms with Crippen LogP contribution < -0.4 is 0 Å². The molecule has 0 unspecified atom stereocenters. The molecule has 3 rings (SSSR count). The summed E-state index contributed by atoms with van der Waals surface area (Å²) in [5.41, 5.74) is 0.00224. The SMILES string of the molecule is C/C=C(\C)C(=O)OC[C@@]12[C@@H](OC(C)=O)C[C@@H](C)[C@](C)(CCC3=CC(=O)OC3)[C@H]1CCC[C@H]2C(=O)O. The van der Waals surface area contributed by atoms with Gasteiger partial charge in [0.1, 0.15) is 19.3 Å². The maximum absolute atomic E-state index is 12.7. The number of carboxylic acids is 1. The fraction of sp³-hybridized carbons (Fsp3) is 0.704. The number of carboxylic acid groups (broad SMARTS) is 1. The van der Waals surface area contributed by atoms with Gasteiger partial charge in [0.25, 0.3) is 0 Å². The van der Waals surface area contributed by atoms with Gasteiger partial charge in [-0.25, -0.2) is 9.59 Å². The second-order valence-electron chi connectivity index (χ2n) is 10.7. The quantitative estimate of drug-likeness (QED) is 0.305. The lowest BCUT2D eigenvalue weighted by molar-refractivity contribution is -0.228. The van der Waals surface area contributed by atoms with Crippen molar-refractivity contribution in [1.82, 2.24) is 0 Å². The molecule has 1 N–H and O–H groups in total. The number of esters is 3. The van der Waals surface area contributed by atoms with Crippen LogP contribution in [0.15, 0.2) is 23.3 Å². The van der Waals surface area contributed by atoms with E-state index in [1.807, 2.05) is 0 Å². The molecule has 6 atom stereocenters. The second kappa shape index (κ2) is 10.5. The Kier molecular flexibility index (Phi) is 8.12. The standard InChI is InChI=1S/C27H38O8/c1-6-16(2)25(32)34-15-27-20(24(30)31)8-7-9-21(27)26(5,11-10-19-13-23(29)33-14-19)17(3)12-22(27)35-18(4)28/h6,13,17,20-22H,7-12,14-15H2,1-5H3,(H,30,31)/b16-6+/t17-,20+,21-,22+,26+,27+/m1/s1. The van der Waals surface area contributed by atoms with Gasteiger partial charge in [-0.05, 0) is 68.8 Å². The monoisotopic (exact) mass is 490 g/mol. The third-order valence-corrected chi connectivity index (χ3v) is 8.89. The molecular weight excluding hydrogens is 452 g/mol. The van der Waals surface area contributed by atoms with Crippen LogP contribution in [0.4, 0.5) is 0 Å². The zero-order valence-corrected chi connectivity index (χ0v) is 21.4. The number of fused-ring (bicyclic) bond motifs is 1. The first-order valence-electron chi connectivity index (χ1n) is 12.5. The van der Waals surface area contributed by atoms with E-state index < -0.39 is 35.3 Å². The van der Waals surface area contributed by atoms with E-state index in [1.165, 1.54) is 13.0 Å². The molecule has 35 heavy (non-hydrogen) atoms. The fourth-order valence-electron chi connectivity index (χ4n) is 6.69. The van der Waals surface area contributed by atoms with Gasteiger partial charge in [-0.15, -0.1) is 0 Å². The minimum atomic E-state index is -1.04. The predicted octanol–water partition coefficient (Wildman–Crippen LogP) is 4.22. The van der Waals surface area contributed by atoms with Gasteiger partial charge < -0.3 is 19.3 Å². The van der Waals surface area contributed by atoms with Crippen molar-refractivity contribution in [2.75, 3.05) is 13.2 Å². The van der Waals surface area contributed by atoms with E-state index in [0.29, 0.717) is 24.8 Å². The summed E-state index contributed by atoms with van der Waals surface area (Å²) < 4.78 is 16.7. The molecule has 2 aliphatic carbocycles. The number of hydrogen-bond donors (Lipinski definition) is 1. The van der Waals surface area contributed by atoms with Crippen molar-refractivity contribution in [2.45, 2.75) is 79.2 Å². The van der Waals surface area contributed by atoms with Crippen LogP contribution in [0.25, 0.3) is 0 Å². The highest BCUT2D eigenvalue weighted by molar-refractivity contribution is 5.87. The molecule has 194 valence electrons. The first-order chi connectivity index (χ1) is 16.5. The summed E-state index contributed by atoms with van der Waals surface area (Å²) in [6, 6.07) is 0. The maximum Gasteiger partial charge on any atom is 0.333 e. The van der Waals surface area contributed by atoms with Crippen molar-refractivity contribution >= 4 is 23.9 Å². The third kappa shape index (κ3) is 5.16. The summed E-state index contributed by atoms with van der Waals surface area (Å²) >= 11 is 0. The zero-order valence-electron chi connectivity index (χ0n) is 21.4. The van der Waals surface area contributed by atoms with Gasteiger partial charge in [-0.3, -0.25) is 9.59 Å². The minimum Gasteiger partial charge on any atom is -0.481 e. The lowest BCUT2D eigenvalue weighted by Gasteiger charge is -2.62. The van der Waals surface area contributed by atoms with Crippen LogP contribution >= 0.6 is 0 Å². The van der Waals surface area contributed by atoms with Gasteiger partial charge in [-0.2, -0.15) is 0 Å². The molecule has 2 fully saturated rings. The highest BCUT2D eigenvalue weighted by atomic mass is 16.6. The first kappa shape index (κ1) is 27.0. The molecule has 0 aromatic rings. The lowest BCUT2D eigenvalue weighted by atomic mass is 9.43.